The largest absolute Gasteiger partial charge is 0.457 e. The van der Waals surface area contributed by atoms with Crippen molar-refractivity contribution in [1.29, 1.82) is 0 Å². The van der Waals surface area contributed by atoms with Gasteiger partial charge in [0.25, 0.3) is 0 Å². The Kier molecular flexibility index (Phi) is 5.47. The Morgan fingerprint density at radius 1 is 1.42 bits per heavy atom. The highest BCUT2D eigenvalue weighted by atomic mass is 31.1. The van der Waals surface area contributed by atoms with E-state index in [-0.39, 0.29) is 27.1 Å². The highest BCUT2D eigenvalue weighted by Gasteiger charge is 2.15. The summed E-state index contributed by atoms with van der Waals surface area (Å²) in [7, 11) is -0.126. The number of ketones is 1. The first kappa shape index (κ1) is 11.2. The van der Waals surface area contributed by atoms with Gasteiger partial charge >= 0.3 is 5.97 Å². The molecule has 0 aromatic heterocycles. The van der Waals surface area contributed by atoms with Crippen LogP contribution in [0, 0.1) is 0 Å². The second kappa shape index (κ2) is 5.84. The normalized spacial score (nSPS) is 10.2. The molecule has 12 heavy (non-hydrogen) atoms. The SMILES string of the molecule is CC(C)OC(=O)C(=O)CCP=O. The Morgan fingerprint density at radius 2 is 2.00 bits per heavy atom. The van der Waals surface area contributed by atoms with Crippen LogP contribution < -0.4 is 0 Å². The summed E-state index contributed by atoms with van der Waals surface area (Å²) in [5.74, 6) is -1.46. The fourth-order valence-electron chi connectivity index (χ4n) is 0.529. The van der Waals surface area contributed by atoms with Gasteiger partial charge in [0, 0.05) is 12.6 Å². The molecule has 0 aliphatic heterocycles. The van der Waals surface area contributed by atoms with Crippen LogP contribution in [0.3, 0.4) is 0 Å². The monoisotopic (exact) mass is 190 g/mol. The number of hydrogen-bond acceptors (Lipinski definition) is 4. The quantitative estimate of drug-likeness (QED) is 0.371. The van der Waals surface area contributed by atoms with E-state index in [1.165, 1.54) is 0 Å². The predicted octanol–water partition coefficient (Wildman–Crippen LogP) is 1.19. The number of rotatable bonds is 5. The summed E-state index contributed by atoms with van der Waals surface area (Å²) in [5, 5.41) is 0. The number of Topliss-reactive ketones (excluding diaryl/α,β-unsaturated/α-hetero) is 1. The third-order valence-electron chi connectivity index (χ3n) is 1.00. The van der Waals surface area contributed by atoms with E-state index in [0.717, 1.165) is 0 Å². The van der Waals surface area contributed by atoms with Crippen LogP contribution in [-0.2, 0) is 18.9 Å². The molecule has 0 saturated heterocycles. The molecule has 5 heteroatoms. The van der Waals surface area contributed by atoms with Crippen LogP contribution >= 0.6 is 8.46 Å². The number of hydrogen-bond donors (Lipinski definition) is 0. The van der Waals surface area contributed by atoms with Crippen LogP contribution in [0.25, 0.3) is 0 Å². The molecule has 0 aliphatic rings. The smallest absolute Gasteiger partial charge is 0.374 e. The Balaban J connectivity index is 3.77. The summed E-state index contributed by atoms with van der Waals surface area (Å²) in [6.07, 6.45) is -0.130. The summed E-state index contributed by atoms with van der Waals surface area (Å²) in [6.45, 7) is 3.33. The van der Waals surface area contributed by atoms with Crippen molar-refractivity contribution in [2.24, 2.45) is 0 Å². The van der Waals surface area contributed by atoms with Crippen LogP contribution in [0.2, 0.25) is 0 Å². The maximum absolute atomic E-state index is 10.8. The molecule has 0 rings (SSSR count). The molecule has 68 valence electrons. The van der Waals surface area contributed by atoms with Crippen molar-refractivity contribution >= 4 is 20.2 Å². The summed E-state index contributed by atoms with van der Waals surface area (Å²) >= 11 is 0. The van der Waals surface area contributed by atoms with Crippen molar-refractivity contribution < 1.29 is 18.9 Å². The fourth-order valence-corrected chi connectivity index (χ4v) is 0.823. The number of esters is 1. The van der Waals surface area contributed by atoms with E-state index in [4.69, 9.17) is 0 Å². The van der Waals surface area contributed by atoms with Crippen LogP contribution in [0.15, 0.2) is 0 Å². The van der Waals surface area contributed by atoms with Crippen molar-refractivity contribution in [3.8, 4) is 0 Å². The lowest BCUT2D eigenvalue weighted by atomic mass is 10.3. The molecule has 0 aliphatic carbocycles. The van der Waals surface area contributed by atoms with Crippen molar-refractivity contribution in [2.75, 3.05) is 6.16 Å². The fraction of sp³-hybridized carbons (Fsp3) is 0.714. The molecule has 0 fully saturated rings. The van der Waals surface area contributed by atoms with Crippen LogP contribution in [-0.4, -0.2) is 24.0 Å². The standard InChI is InChI=1S/C7H11O4P/c1-5(2)11-7(9)6(8)3-4-12-10/h5H,3-4H2,1-2H3. The maximum atomic E-state index is 10.8. The van der Waals surface area contributed by atoms with Gasteiger partial charge in [-0.1, -0.05) is 0 Å². The van der Waals surface area contributed by atoms with Gasteiger partial charge in [0.2, 0.25) is 5.78 Å². The molecule has 0 unspecified atom stereocenters. The highest BCUT2D eigenvalue weighted by molar-refractivity contribution is 7.23. The summed E-state index contributed by atoms with van der Waals surface area (Å²) in [4.78, 5) is 21.6. The third kappa shape index (κ3) is 4.97. The van der Waals surface area contributed by atoms with E-state index in [1.807, 2.05) is 0 Å². The van der Waals surface area contributed by atoms with Crippen molar-refractivity contribution in [3.63, 3.8) is 0 Å². The van der Waals surface area contributed by atoms with E-state index in [2.05, 4.69) is 4.74 Å². The molecular weight excluding hydrogens is 179 g/mol. The minimum absolute atomic E-state index is 0.0173. The van der Waals surface area contributed by atoms with Gasteiger partial charge in [0.15, 0.2) is 8.46 Å². The minimum Gasteiger partial charge on any atom is -0.457 e. The van der Waals surface area contributed by atoms with Gasteiger partial charge in [-0.3, -0.25) is 9.36 Å². The van der Waals surface area contributed by atoms with Crippen molar-refractivity contribution in [2.45, 2.75) is 26.4 Å². The van der Waals surface area contributed by atoms with E-state index < -0.39 is 11.8 Å². The highest BCUT2D eigenvalue weighted by Crippen LogP contribution is 1.98. The zero-order valence-electron chi connectivity index (χ0n) is 7.07. The first-order chi connectivity index (χ1) is 5.57. The lowest BCUT2D eigenvalue weighted by Crippen LogP contribution is -2.21. The molecule has 0 bridgehead atoms. The van der Waals surface area contributed by atoms with E-state index in [1.54, 1.807) is 13.8 Å². The molecule has 0 atom stereocenters. The van der Waals surface area contributed by atoms with Gasteiger partial charge in [0.05, 0.1) is 6.10 Å². The van der Waals surface area contributed by atoms with Gasteiger partial charge in [0.1, 0.15) is 0 Å². The topological polar surface area (TPSA) is 60.4 Å². The Morgan fingerprint density at radius 3 is 2.42 bits per heavy atom. The zero-order valence-corrected chi connectivity index (χ0v) is 7.97. The van der Waals surface area contributed by atoms with Crippen molar-refractivity contribution in [3.05, 3.63) is 0 Å². The zero-order chi connectivity index (χ0) is 9.56. The second-order valence-electron chi connectivity index (χ2n) is 2.48. The molecule has 0 N–H and O–H groups in total. The lowest BCUT2D eigenvalue weighted by molar-refractivity contribution is -0.156. The summed E-state index contributed by atoms with van der Waals surface area (Å²) in [6, 6.07) is 0. The van der Waals surface area contributed by atoms with E-state index in [9.17, 15) is 14.2 Å². The Bertz CT molecular complexity index is 188. The second-order valence-corrected chi connectivity index (χ2v) is 3.19. The average molecular weight is 190 g/mol. The van der Waals surface area contributed by atoms with Gasteiger partial charge in [-0.2, -0.15) is 0 Å². The van der Waals surface area contributed by atoms with E-state index >= 15 is 0 Å². The first-order valence-electron chi connectivity index (χ1n) is 3.61. The molecule has 0 radical (unpaired) electrons. The predicted molar refractivity (Wildman–Crippen MR) is 43.3 cm³/mol. The van der Waals surface area contributed by atoms with Crippen LogP contribution in [0.4, 0.5) is 0 Å². The van der Waals surface area contributed by atoms with Crippen LogP contribution in [0.5, 0.6) is 0 Å². The molecule has 0 aromatic rings. The Labute approximate surface area is 72.5 Å². The maximum Gasteiger partial charge on any atom is 0.374 e. The number of carbonyl (C=O) groups excluding carboxylic acids is 2. The van der Waals surface area contributed by atoms with Crippen molar-refractivity contribution in [1.82, 2.24) is 0 Å². The van der Waals surface area contributed by atoms with Gasteiger partial charge in [-0.05, 0) is 13.8 Å². The number of carbonyl (C=O) groups is 2. The Hall–Kier alpha value is -0.760. The summed E-state index contributed by atoms with van der Waals surface area (Å²) < 4.78 is 14.6. The molecule has 0 spiro atoms. The molecule has 4 nitrogen and oxygen atoms in total. The van der Waals surface area contributed by atoms with Gasteiger partial charge < -0.3 is 4.74 Å². The first-order valence-corrected chi connectivity index (χ1v) is 4.60. The third-order valence-corrected chi connectivity index (χ3v) is 1.41. The van der Waals surface area contributed by atoms with Crippen LogP contribution in [0.1, 0.15) is 20.3 Å². The van der Waals surface area contributed by atoms with Gasteiger partial charge in [-0.15, -0.1) is 0 Å². The molecule has 0 saturated carbocycles. The summed E-state index contributed by atoms with van der Waals surface area (Å²) in [5.41, 5.74) is 0. The lowest BCUT2D eigenvalue weighted by Gasteiger charge is -2.05. The minimum atomic E-state index is -0.839. The molecule has 0 aromatic carbocycles. The molecular formula is C7H11O4P. The molecule has 0 heterocycles. The van der Waals surface area contributed by atoms with Gasteiger partial charge in [-0.25, -0.2) is 4.79 Å². The number of ether oxygens (including phenoxy) is 1. The average Bonchev–Trinajstić information content (AvgIpc) is 1.98. The van der Waals surface area contributed by atoms with E-state index in [0.29, 0.717) is 0 Å². The molecule has 0 amide bonds.